The van der Waals surface area contributed by atoms with Crippen molar-refractivity contribution in [3.63, 3.8) is 0 Å². The summed E-state index contributed by atoms with van der Waals surface area (Å²) in [5, 5.41) is 10.6. The molecule has 0 aliphatic heterocycles. The Balaban J connectivity index is 2.71. The normalized spacial score (nSPS) is 13.4. The van der Waals surface area contributed by atoms with E-state index in [9.17, 15) is 0 Å². The van der Waals surface area contributed by atoms with Gasteiger partial charge in [0.25, 0.3) is 0 Å². The molecule has 3 nitrogen and oxygen atoms in total. The Morgan fingerprint density at radius 3 is 3.09 bits per heavy atom. The van der Waals surface area contributed by atoms with E-state index < -0.39 is 0 Å². The molecule has 1 rings (SSSR count). The van der Waals surface area contributed by atoms with E-state index >= 15 is 0 Å². The highest BCUT2D eigenvalue weighted by molar-refractivity contribution is 8.00. The highest BCUT2D eigenvalue weighted by Gasteiger charge is 2.07. The van der Waals surface area contributed by atoms with Gasteiger partial charge in [-0.15, -0.1) is 11.3 Å². The van der Waals surface area contributed by atoms with Gasteiger partial charge in [0.1, 0.15) is 4.34 Å². The lowest BCUT2D eigenvalue weighted by Crippen LogP contribution is -2.14. The van der Waals surface area contributed by atoms with Gasteiger partial charge in [0.05, 0.1) is 18.3 Å². The summed E-state index contributed by atoms with van der Waals surface area (Å²) in [6, 6.07) is -0.327. The van der Waals surface area contributed by atoms with Crippen molar-refractivity contribution >= 4 is 23.1 Å². The second-order valence-corrected chi connectivity index (χ2v) is 3.94. The molecular weight excluding hydrogens is 180 g/mol. The second-order valence-electron chi connectivity index (χ2n) is 2.03. The van der Waals surface area contributed by atoms with Crippen LogP contribution in [0.1, 0.15) is 11.7 Å². The van der Waals surface area contributed by atoms with Crippen LogP contribution in [0.15, 0.2) is 9.72 Å². The fourth-order valence-electron chi connectivity index (χ4n) is 0.626. The summed E-state index contributed by atoms with van der Waals surface area (Å²) in [7, 11) is 0. The van der Waals surface area contributed by atoms with E-state index in [0.717, 1.165) is 10.0 Å². The molecule has 1 aromatic rings. The van der Waals surface area contributed by atoms with Gasteiger partial charge >= 0.3 is 0 Å². The number of aliphatic hydroxyl groups is 1. The topological polar surface area (TPSA) is 59.1 Å². The van der Waals surface area contributed by atoms with Crippen LogP contribution in [-0.4, -0.2) is 23.0 Å². The molecule has 0 aliphatic carbocycles. The first-order valence-electron chi connectivity index (χ1n) is 3.13. The van der Waals surface area contributed by atoms with Crippen LogP contribution < -0.4 is 5.73 Å². The molecule has 0 saturated carbocycles. The van der Waals surface area contributed by atoms with Gasteiger partial charge in [-0.05, 0) is 6.26 Å². The minimum atomic E-state index is -0.327. The molecule has 1 unspecified atom stereocenters. The Kier molecular flexibility index (Phi) is 3.32. The highest BCUT2D eigenvalue weighted by atomic mass is 32.2. The molecule has 0 fully saturated rings. The molecule has 0 amide bonds. The minimum absolute atomic E-state index is 0.0441. The number of thioether (sulfide) groups is 1. The molecule has 0 bridgehead atoms. The van der Waals surface area contributed by atoms with Gasteiger partial charge in [0.15, 0.2) is 0 Å². The fourth-order valence-corrected chi connectivity index (χ4v) is 1.96. The molecular formula is C6H10N2OS2. The van der Waals surface area contributed by atoms with Crippen LogP contribution >= 0.6 is 23.1 Å². The van der Waals surface area contributed by atoms with E-state index in [1.54, 1.807) is 23.1 Å². The number of hydrogen-bond acceptors (Lipinski definition) is 5. The van der Waals surface area contributed by atoms with Crippen LogP contribution in [0.4, 0.5) is 0 Å². The molecule has 0 aromatic carbocycles. The largest absolute Gasteiger partial charge is 0.394 e. The molecule has 0 saturated heterocycles. The van der Waals surface area contributed by atoms with E-state index in [-0.39, 0.29) is 12.6 Å². The molecule has 0 radical (unpaired) electrons. The van der Waals surface area contributed by atoms with Crippen molar-refractivity contribution < 1.29 is 5.11 Å². The molecule has 1 aromatic heterocycles. The predicted molar refractivity (Wildman–Crippen MR) is 47.9 cm³/mol. The standard InChI is InChI=1S/C6H10N2OS2/c1-10-6-8-5(3-11-6)4(7)2-9/h3-4,9H,2,7H2,1H3. The summed E-state index contributed by atoms with van der Waals surface area (Å²) >= 11 is 3.14. The molecule has 11 heavy (non-hydrogen) atoms. The Hall–Kier alpha value is -0.100. The number of thiazole rings is 1. The summed E-state index contributed by atoms with van der Waals surface area (Å²) in [6.07, 6.45) is 1.97. The van der Waals surface area contributed by atoms with Gasteiger partial charge in [-0.1, -0.05) is 11.8 Å². The zero-order valence-corrected chi connectivity index (χ0v) is 7.78. The first-order valence-corrected chi connectivity index (χ1v) is 5.24. The van der Waals surface area contributed by atoms with E-state index in [4.69, 9.17) is 10.8 Å². The van der Waals surface area contributed by atoms with Crippen molar-refractivity contribution in [1.82, 2.24) is 4.98 Å². The van der Waals surface area contributed by atoms with Crippen molar-refractivity contribution in [3.05, 3.63) is 11.1 Å². The second kappa shape index (κ2) is 4.06. The van der Waals surface area contributed by atoms with Crippen LogP contribution in [-0.2, 0) is 0 Å². The van der Waals surface area contributed by atoms with E-state index in [1.165, 1.54) is 0 Å². The first-order chi connectivity index (χ1) is 5.27. The number of nitrogens with two attached hydrogens (primary N) is 1. The Labute approximate surface area is 73.6 Å². The maximum atomic E-state index is 8.70. The van der Waals surface area contributed by atoms with Crippen LogP contribution in [0.3, 0.4) is 0 Å². The highest BCUT2D eigenvalue weighted by Crippen LogP contribution is 2.22. The lowest BCUT2D eigenvalue weighted by molar-refractivity contribution is 0.266. The molecule has 3 N–H and O–H groups in total. The van der Waals surface area contributed by atoms with Gasteiger partial charge < -0.3 is 10.8 Å². The number of rotatable bonds is 3. The molecule has 0 spiro atoms. The zero-order valence-electron chi connectivity index (χ0n) is 6.15. The van der Waals surface area contributed by atoms with Crippen LogP contribution in [0, 0.1) is 0 Å². The van der Waals surface area contributed by atoms with Crippen molar-refractivity contribution in [2.75, 3.05) is 12.9 Å². The molecule has 1 atom stereocenters. The van der Waals surface area contributed by atoms with Crippen LogP contribution in [0.5, 0.6) is 0 Å². The van der Waals surface area contributed by atoms with Crippen molar-refractivity contribution in [1.29, 1.82) is 0 Å². The maximum Gasteiger partial charge on any atom is 0.149 e. The molecule has 0 aliphatic rings. The summed E-state index contributed by atoms with van der Waals surface area (Å²) in [5.41, 5.74) is 6.33. The molecule has 5 heteroatoms. The number of hydrogen-bond donors (Lipinski definition) is 2. The molecule has 1 heterocycles. The van der Waals surface area contributed by atoms with Gasteiger partial charge in [-0.2, -0.15) is 0 Å². The predicted octanol–water partition coefficient (Wildman–Crippen LogP) is 0.857. The Morgan fingerprint density at radius 2 is 2.64 bits per heavy atom. The lowest BCUT2D eigenvalue weighted by Gasteiger charge is -2.01. The van der Waals surface area contributed by atoms with Crippen molar-refractivity contribution in [2.45, 2.75) is 10.4 Å². The summed E-state index contributed by atoms with van der Waals surface area (Å²) in [6.45, 7) is -0.0441. The van der Waals surface area contributed by atoms with Gasteiger partial charge in [-0.25, -0.2) is 4.98 Å². The van der Waals surface area contributed by atoms with E-state index in [1.807, 2.05) is 11.6 Å². The quantitative estimate of drug-likeness (QED) is 0.694. The summed E-state index contributed by atoms with van der Waals surface area (Å²) in [4.78, 5) is 4.20. The van der Waals surface area contributed by atoms with Gasteiger partial charge in [-0.3, -0.25) is 0 Å². The number of aromatic nitrogens is 1. The molecule has 62 valence electrons. The smallest absolute Gasteiger partial charge is 0.149 e. The fraction of sp³-hybridized carbons (Fsp3) is 0.500. The number of aliphatic hydroxyl groups excluding tert-OH is 1. The SMILES string of the molecule is CSc1nc(C(N)CO)cs1. The van der Waals surface area contributed by atoms with Crippen LogP contribution in [0.25, 0.3) is 0 Å². The van der Waals surface area contributed by atoms with E-state index in [0.29, 0.717) is 0 Å². The van der Waals surface area contributed by atoms with Crippen molar-refractivity contribution in [2.24, 2.45) is 5.73 Å². The lowest BCUT2D eigenvalue weighted by atomic mass is 10.3. The van der Waals surface area contributed by atoms with E-state index in [2.05, 4.69) is 4.98 Å². The van der Waals surface area contributed by atoms with Gasteiger partial charge in [0.2, 0.25) is 0 Å². The Morgan fingerprint density at radius 1 is 1.91 bits per heavy atom. The average molecular weight is 190 g/mol. The number of nitrogens with zero attached hydrogens (tertiary/aromatic N) is 1. The third kappa shape index (κ3) is 2.16. The summed E-state index contributed by atoms with van der Waals surface area (Å²) < 4.78 is 0.990. The maximum absolute atomic E-state index is 8.70. The third-order valence-corrected chi connectivity index (χ3v) is 3.13. The average Bonchev–Trinajstić information content (AvgIpc) is 2.50. The monoisotopic (exact) mass is 190 g/mol. The van der Waals surface area contributed by atoms with Crippen LogP contribution in [0.2, 0.25) is 0 Å². The first kappa shape index (κ1) is 8.99. The summed E-state index contributed by atoms with van der Waals surface area (Å²) in [5.74, 6) is 0. The van der Waals surface area contributed by atoms with Gasteiger partial charge in [0, 0.05) is 5.38 Å². The third-order valence-electron chi connectivity index (χ3n) is 1.25. The zero-order chi connectivity index (χ0) is 8.27. The van der Waals surface area contributed by atoms with Crippen molar-refractivity contribution in [3.8, 4) is 0 Å². The minimum Gasteiger partial charge on any atom is -0.394 e. The Bertz CT molecular complexity index is 226.